The number of hydrogen-bond donors (Lipinski definition) is 2. The lowest BCUT2D eigenvalue weighted by molar-refractivity contribution is -0.115. The standard InChI is InChI=1S/C22H21FN2O3S2/c1-16(29-15-17-7-3-2-4-8-17)22(26)24-18-11-13-19(14-12-18)30(27,28)25-21-10-6-5-9-20(21)23/h2-14,16,25H,15H2,1H3,(H,24,26)/t16-/m0/s1. The predicted octanol–water partition coefficient (Wildman–Crippen LogP) is 4.89. The number of hydrogen-bond acceptors (Lipinski definition) is 4. The summed E-state index contributed by atoms with van der Waals surface area (Å²) in [7, 11) is -3.94. The maximum atomic E-state index is 13.7. The molecule has 0 saturated carbocycles. The first-order valence-corrected chi connectivity index (χ1v) is 11.7. The highest BCUT2D eigenvalue weighted by molar-refractivity contribution is 7.99. The first-order valence-electron chi connectivity index (χ1n) is 9.19. The molecule has 3 aromatic rings. The van der Waals surface area contributed by atoms with Crippen LogP contribution in [0.5, 0.6) is 0 Å². The number of rotatable bonds is 8. The van der Waals surface area contributed by atoms with Gasteiger partial charge in [0.15, 0.2) is 0 Å². The van der Waals surface area contributed by atoms with Crippen LogP contribution in [0.3, 0.4) is 0 Å². The maximum Gasteiger partial charge on any atom is 0.261 e. The van der Waals surface area contributed by atoms with E-state index in [9.17, 15) is 17.6 Å². The highest BCUT2D eigenvalue weighted by Gasteiger charge is 2.17. The zero-order valence-electron chi connectivity index (χ0n) is 16.2. The molecule has 0 spiro atoms. The summed E-state index contributed by atoms with van der Waals surface area (Å²) >= 11 is 1.51. The van der Waals surface area contributed by atoms with Crippen molar-refractivity contribution in [2.75, 3.05) is 10.0 Å². The van der Waals surface area contributed by atoms with E-state index in [1.165, 1.54) is 60.3 Å². The molecule has 0 radical (unpaired) electrons. The van der Waals surface area contributed by atoms with E-state index in [1.54, 1.807) is 0 Å². The summed E-state index contributed by atoms with van der Waals surface area (Å²) in [6, 6.07) is 21.1. The van der Waals surface area contributed by atoms with Gasteiger partial charge in [0, 0.05) is 11.4 Å². The van der Waals surface area contributed by atoms with Crippen molar-refractivity contribution in [2.24, 2.45) is 0 Å². The SMILES string of the molecule is C[C@H](SCc1ccccc1)C(=O)Nc1ccc(S(=O)(=O)Nc2ccccc2F)cc1. The third kappa shape index (κ3) is 5.84. The van der Waals surface area contributed by atoms with E-state index in [-0.39, 0.29) is 21.7 Å². The van der Waals surface area contributed by atoms with E-state index in [2.05, 4.69) is 10.0 Å². The van der Waals surface area contributed by atoms with Crippen molar-refractivity contribution in [3.05, 3.63) is 90.2 Å². The second-order valence-electron chi connectivity index (χ2n) is 6.54. The van der Waals surface area contributed by atoms with E-state index in [0.29, 0.717) is 11.4 Å². The molecule has 1 amide bonds. The molecule has 0 aliphatic heterocycles. The largest absolute Gasteiger partial charge is 0.325 e. The van der Waals surface area contributed by atoms with Crippen molar-refractivity contribution >= 4 is 39.1 Å². The molecule has 3 rings (SSSR count). The van der Waals surface area contributed by atoms with Gasteiger partial charge in [0.1, 0.15) is 5.82 Å². The van der Waals surface area contributed by atoms with Gasteiger partial charge in [-0.25, -0.2) is 12.8 Å². The summed E-state index contributed by atoms with van der Waals surface area (Å²) in [6.45, 7) is 1.82. The van der Waals surface area contributed by atoms with Crippen molar-refractivity contribution in [3.8, 4) is 0 Å². The van der Waals surface area contributed by atoms with Gasteiger partial charge in [-0.3, -0.25) is 9.52 Å². The maximum absolute atomic E-state index is 13.7. The average Bonchev–Trinajstić information content (AvgIpc) is 2.74. The normalized spacial score (nSPS) is 12.2. The van der Waals surface area contributed by atoms with Crippen LogP contribution < -0.4 is 10.0 Å². The minimum absolute atomic E-state index is 0.0322. The number of amides is 1. The van der Waals surface area contributed by atoms with Crippen LogP contribution in [-0.2, 0) is 20.6 Å². The minimum Gasteiger partial charge on any atom is -0.325 e. The van der Waals surface area contributed by atoms with Gasteiger partial charge in [0.05, 0.1) is 15.8 Å². The Kier molecular flexibility index (Phi) is 7.12. The molecule has 0 aromatic heterocycles. The van der Waals surface area contributed by atoms with Crippen molar-refractivity contribution in [2.45, 2.75) is 22.8 Å². The summed E-state index contributed by atoms with van der Waals surface area (Å²) in [4.78, 5) is 12.4. The molecule has 0 fully saturated rings. The molecular formula is C22H21FN2O3S2. The summed E-state index contributed by atoms with van der Waals surface area (Å²) in [6.07, 6.45) is 0. The monoisotopic (exact) mass is 444 g/mol. The number of sulfonamides is 1. The van der Waals surface area contributed by atoms with Gasteiger partial charge in [0.25, 0.3) is 10.0 Å². The van der Waals surface area contributed by atoms with Crippen LogP contribution in [0.2, 0.25) is 0 Å². The van der Waals surface area contributed by atoms with Crippen LogP contribution in [0.25, 0.3) is 0 Å². The Balaban J connectivity index is 1.59. The molecule has 0 heterocycles. The van der Waals surface area contributed by atoms with Crippen molar-refractivity contribution < 1.29 is 17.6 Å². The number of nitrogens with one attached hydrogen (secondary N) is 2. The molecule has 156 valence electrons. The molecule has 0 saturated heterocycles. The van der Waals surface area contributed by atoms with Crippen molar-refractivity contribution in [1.82, 2.24) is 0 Å². The number of anilines is 2. The Bertz CT molecular complexity index is 1100. The van der Waals surface area contributed by atoms with Gasteiger partial charge in [-0.05, 0) is 48.9 Å². The van der Waals surface area contributed by atoms with E-state index in [0.717, 1.165) is 5.56 Å². The number of benzene rings is 3. The van der Waals surface area contributed by atoms with Gasteiger partial charge in [0.2, 0.25) is 5.91 Å². The van der Waals surface area contributed by atoms with Gasteiger partial charge < -0.3 is 5.32 Å². The minimum atomic E-state index is -3.94. The van der Waals surface area contributed by atoms with Crippen molar-refractivity contribution in [3.63, 3.8) is 0 Å². The van der Waals surface area contributed by atoms with Gasteiger partial charge in [-0.2, -0.15) is 0 Å². The third-order valence-corrected chi connectivity index (χ3v) is 6.86. The molecule has 0 aliphatic rings. The molecule has 0 bridgehead atoms. The Hall–Kier alpha value is -2.84. The van der Waals surface area contributed by atoms with Crippen LogP contribution in [-0.4, -0.2) is 19.6 Å². The molecule has 0 aliphatic carbocycles. The first-order chi connectivity index (χ1) is 14.3. The fourth-order valence-electron chi connectivity index (χ4n) is 2.58. The lowest BCUT2D eigenvalue weighted by atomic mass is 10.2. The Morgan fingerprint density at radius 1 is 0.967 bits per heavy atom. The summed E-state index contributed by atoms with van der Waals surface area (Å²) < 4.78 is 40.8. The molecule has 30 heavy (non-hydrogen) atoms. The Morgan fingerprint density at radius 2 is 1.60 bits per heavy atom. The van der Waals surface area contributed by atoms with Crippen LogP contribution in [0.1, 0.15) is 12.5 Å². The number of para-hydroxylation sites is 1. The lowest BCUT2D eigenvalue weighted by Crippen LogP contribution is -2.22. The topological polar surface area (TPSA) is 75.3 Å². The van der Waals surface area contributed by atoms with E-state index < -0.39 is 15.8 Å². The quantitative estimate of drug-likeness (QED) is 0.519. The zero-order chi connectivity index (χ0) is 21.6. The fourth-order valence-corrected chi connectivity index (χ4v) is 4.49. The molecular weight excluding hydrogens is 423 g/mol. The van der Waals surface area contributed by atoms with Crippen molar-refractivity contribution in [1.29, 1.82) is 0 Å². The smallest absolute Gasteiger partial charge is 0.261 e. The van der Waals surface area contributed by atoms with E-state index >= 15 is 0 Å². The first kappa shape index (κ1) is 21.9. The Morgan fingerprint density at radius 3 is 2.27 bits per heavy atom. The lowest BCUT2D eigenvalue weighted by Gasteiger charge is -2.13. The second kappa shape index (κ2) is 9.77. The third-order valence-electron chi connectivity index (χ3n) is 4.26. The number of halogens is 1. The molecule has 3 aromatic carbocycles. The van der Waals surface area contributed by atoms with Crippen LogP contribution in [0, 0.1) is 5.82 Å². The zero-order valence-corrected chi connectivity index (χ0v) is 17.8. The fraction of sp³-hybridized carbons (Fsp3) is 0.136. The van der Waals surface area contributed by atoms with Crippen LogP contribution in [0.4, 0.5) is 15.8 Å². The van der Waals surface area contributed by atoms with E-state index in [1.807, 2.05) is 37.3 Å². The highest BCUT2D eigenvalue weighted by Crippen LogP contribution is 2.22. The second-order valence-corrected chi connectivity index (χ2v) is 9.55. The van der Waals surface area contributed by atoms with E-state index in [4.69, 9.17) is 0 Å². The molecule has 0 unspecified atom stereocenters. The molecule has 1 atom stereocenters. The van der Waals surface area contributed by atoms with Gasteiger partial charge >= 0.3 is 0 Å². The number of thioether (sulfide) groups is 1. The summed E-state index contributed by atoms with van der Waals surface area (Å²) in [5, 5.41) is 2.50. The van der Waals surface area contributed by atoms with Crippen LogP contribution >= 0.6 is 11.8 Å². The van der Waals surface area contributed by atoms with Gasteiger partial charge in [-0.1, -0.05) is 42.5 Å². The average molecular weight is 445 g/mol. The molecule has 8 heteroatoms. The highest BCUT2D eigenvalue weighted by atomic mass is 32.2. The molecule has 5 nitrogen and oxygen atoms in total. The number of carbonyl (C=O) groups is 1. The van der Waals surface area contributed by atoms with Crippen LogP contribution in [0.15, 0.2) is 83.8 Å². The summed E-state index contributed by atoms with van der Waals surface area (Å²) in [5.74, 6) is -0.114. The predicted molar refractivity (Wildman–Crippen MR) is 119 cm³/mol. The summed E-state index contributed by atoms with van der Waals surface area (Å²) in [5.41, 5.74) is 1.50. The number of carbonyl (C=O) groups excluding carboxylic acids is 1. The Labute approximate surface area is 179 Å². The van der Waals surface area contributed by atoms with Gasteiger partial charge in [-0.15, -0.1) is 11.8 Å². The molecule has 2 N–H and O–H groups in total.